The highest BCUT2D eigenvalue weighted by Crippen LogP contribution is 2.03. The van der Waals surface area contributed by atoms with Crippen LogP contribution < -0.4 is 0 Å². The lowest BCUT2D eigenvalue weighted by molar-refractivity contribution is 0.562. The first-order chi connectivity index (χ1) is 5.36. The Balaban J connectivity index is 2.90. The van der Waals surface area contributed by atoms with Crippen LogP contribution in [-0.2, 0) is 11.2 Å². The molecular formula is C10H9O. The molecule has 1 radical (unpaired) electrons. The number of allylic oxidation sites excluding steroid dienone is 1. The average Bonchev–Trinajstić information content (AvgIpc) is 2.06. The Bertz CT molecular complexity index is 263. The Labute approximate surface area is 66.4 Å². The van der Waals surface area contributed by atoms with Crippen LogP contribution in [0.3, 0.4) is 0 Å². The van der Waals surface area contributed by atoms with Crippen molar-refractivity contribution in [2.24, 2.45) is 0 Å². The smallest absolute Gasteiger partial charge is 0.233 e. The van der Waals surface area contributed by atoms with Gasteiger partial charge in [-0.15, -0.1) is 6.58 Å². The Kier molecular flexibility index (Phi) is 2.61. The van der Waals surface area contributed by atoms with E-state index in [4.69, 9.17) is 0 Å². The lowest BCUT2D eigenvalue weighted by Crippen LogP contribution is -1.84. The fourth-order valence-electron chi connectivity index (χ4n) is 0.928. The molecule has 0 aromatic heterocycles. The predicted octanol–water partition coefficient (Wildman–Crippen LogP) is 1.87. The number of hydrogen-bond acceptors (Lipinski definition) is 1. The lowest BCUT2D eigenvalue weighted by atomic mass is 10.1. The molecule has 0 bridgehead atoms. The molecule has 0 saturated carbocycles. The van der Waals surface area contributed by atoms with Gasteiger partial charge in [-0.05, 0) is 18.1 Å². The third-order valence-electron chi connectivity index (χ3n) is 1.42. The first kappa shape index (κ1) is 7.73. The van der Waals surface area contributed by atoms with Crippen LogP contribution in [0.2, 0.25) is 0 Å². The number of hydrogen-bond donors (Lipinski definition) is 0. The zero-order chi connectivity index (χ0) is 8.10. The Morgan fingerprint density at radius 2 is 2.36 bits per heavy atom. The van der Waals surface area contributed by atoms with Crippen LogP contribution in [0.4, 0.5) is 0 Å². The second-order valence-corrected chi connectivity index (χ2v) is 2.30. The van der Waals surface area contributed by atoms with E-state index in [2.05, 4.69) is 6.58 Å². The zero-order valence-electron chi connectivity index (χ0n) is 6.21. The largest absolute Gasteiger partial charge is 0.285 e. The minimum atomic E-state index is 0.601. The van der Waals surface area contributed by atoms with Gasteiger partial charge in [0.15, 0.2) is 0 Å². The fraction of sp³-hybridized carbons (Fsp3) is 0.100. The van der Waals surface area contributed by atoms with Gasteiger partial charge in [0.25, 0.3) is 0 Å². The number of rotatable bonds is 3. The maximum atomic E-state index is 10.2. The minimum absolute atomic E-state index is 0.601. The highest BCUT2D eigenvalue weighted by molar-refractivity contribution is 5.75. The van der Waals surface area contributed by atoms with Crippen molar-refractivity contribution in [3.63, 3.8) is 0 Å². The standard InChI is InChI=1S/C10H9O/c1-2-4-9-5-3-6-10(7-9)8-11/h2-3,5-7H,1,4H2. The second kappa shape index (κ2) is 3.71. The van der Waals surface area contributed by atoms with E-state index < -0.39 is 0 Å². The SMILES string of the molecule is C=CCc1cccc([C]=O)c1. The van der Waals surface area contributed by atoms with E-state index in [0.29, 0.717) is 5.56 Å². The summed E-state index contributed by atoms with van der Waals surface area (Å²) in [5.41, 5.74) is 1.70. The van der Waals surface area contributed by atoms with Crippen molar-refractivity contribution in [1.82, 2.24) is 0 Å². The Morgan fingerprint density at radius 1 is 1.55 bits per heavy atom. The summed E-state index contributed by atoms with van der Waals surface area (Å²) in [7, 11) is 0. The highest BCUT2D eigenvalue weighted by atomic mass is 16.1. The molecule has 0 aliphatic carbocycles. The van der Waals surface area contributed by atoms with Crippen molar-refractivity contribution >= 4 is 6.29 Å². The van der Waals surface area contributed by atoms with Gasteiger partial charge in [-0.1, -0.05) is 24.3 Å². The van der Waals surface area contributed by atoms with Crippen molar-refractivity contribution in [3.8, 4) is 0 Å². The molecule has 1 heteroatoms. The minimum Gasteiger partial charge on any atom is -0.285 e. The normalized spacial score (nSPS) is 9.09. The average molecular weight is 145 g/mol. The molecule has 0 aliphatic rings. The molecule has 0 unspecified atom stereocenters. The molecule has 0 saturated heterocycles. The molecule has 0 amide bonds. The molecule has 55 valence electrons. The maximum absolute atomic E-state index is 10.2. The summed E-state index contributed by atoms with van der Waals surface area (Å²) < 4.78 is 0. The van der Waals surface area contributed by atoms with E-state index in [1.54, 1.807) is 6.07 Å². The summed E-state index contributed by atoms with van der Waals surface area (Å²) in [5, 5.41) is 0. The van der Waals surface area contributed by atoms with E-state index in [9.17, 15) is 4.79 Å². The van der Waals surface area contributed by atoms with Crippen LogP contribution in [0.25, 0.3) is 0 Å². The molecule has 1 rings (SSSR count). The van der Waals surface area contributed by atoms with E-state index in [1.165, 1.54) is 0 Å². The van der Waals surface area contributed by atoms with Crippen molar-refractivity contribution in [2.45, 2.75) is 6.42 Å². The van der Waals surface area contributed by atoms with E-state index >= 15 is 0 Å². The summed E-state index contributed by atoms with van der Waals surface area (Å²) in [4.78, 5) is 10.2. The number of carbonyl (C=O) groups excluding carboxylic acids is 1. The Hall–Kier alpha value is -1.37. The predicted molar refractivity (Wildman–Crippen MR) is 45.1 cm³/mol. The summed E-state index contributed by atoms with van der Waals surface area (Å²) in [6.45, 7) is 3.61. The topological polar surface area (TPSA) is 17.1 Å². The Morgan fingerprint density at radius 3 is 3.00 bits per heavy atom. The molecule has 0 fully saturated rings. The van der Waals surface area contributed by atoms with E-state index in [0.717, 1.165) is 12.0 Å². The molecule has 11 heavy (non-hydrogen) atoms. The molecule has 0 atom stereocenters. The molecular weight excluding hydrogens is 136 g/mol. The zero-order valence-corrected chi connectivity index (χ0v) is 6.21. The van der Waals surface area contributed by atoms with Crippen molar-refractivity contribution in [2.75, 3.05) is 0 Å². The van der Waals surface area contributed by atoms with Crippen LogP contribution in [0, 0.1) is 0 Å². The van der Waals surface area contributed by atoms with Gasteiger partial charge >= 0.3 is 0 Å². The summed E-state index contributed by atoms with van der Waals surface area (Å²) in [6, 6.07) is 7.36. The van der Waals surface area contributed by atoms with Crippen LogP contribution >= 0.6 is 0 Å². The third-order valence-corrected chi connectivity index (χ3v) is 1.42. The van der Waals surface area contributed by atoms with Gasteiger partial charge in [-0.2, -0.15) is 0 Å². The summed E-state index contributed by atoms with van der Waals surface area (Å²) >= 11 is 0. The van der Waals surface area contributed by atoms with Crippen LogP contribution in [-0.4, -0.2) is 6.29 Å². The van der Waals surface area contributed by atoms with E-state index in [-0.39, 0.29) is 0 Å². The fourth-order valence-corrected chi connectivity index (χ4v) is 0.928. The first-order valence-corrected chi connectivity index (χ1v) is 3.45. The monoisotopic (exact) mass is 145 g/mol. The maximum Gasteiger partial charge on any atom is 0.233 e. The van der Waals surface area contributed by atoms with Crippen LogP contribution in [0.5, 0.6) is 0 Å². The third kappa shape index (κ3) is 2.04. The molecule has 0 spiro atoms. The van der Waals surface area contributed by atoms with E-state index in [1.807, 2.05) is 30.6 Å². The summed E-state index contributed by atoms with van der Waals surface area (Å²) in [6.07, 6.45) is 4.45. The molecule has 1 aromatic carbocycles. The second-order valence-electron chi connectivity index (χ2n) is 2.30. The van der Waals surface area contributed by atoms with Crippen molar-refractivity contribution < 1.29 is 4.79 Å². The molecule has 0 heterocycles. The molecule has 1 nitrogen and oxygen atoms in total. The van der Waals surface area contributed by atoms with Gasteiger partial charge in [-0.3, -0.25) is 4.79 Å². The van der Waals surface area contributed by atoms with Gasteiger partial charge in [0.2, 0.25) is 6.29 Å². The van der Waals surface area contributed by atoms with Gasteiger partial charge < -0.3 is 0 Å². The van der Waals surface area contributed by atoms with Crippen molar-refractivity contribution in [3.05, 3.63) is 48.0 Å². The summed E-state index contributed by atoms with van der Waals surface area (Å²) in [5.74, 6) is 0. The molecule has 1 aromatic rings. The number of benzene rings is 1. The lowest BCUT2D eigenvalue weighted by Gasteiger charge is -1.95. The van der Waals surface area contributed by atoms with Crippen LogP contribution in [0.1, 0.15) is 11.1 Å². The van der Waals surface area contributed by atoms with Crippen molar-refractivity contribution in [1.29, 1.82) is 0 Å². The molecule has 0 aliphatic heterocycles. The van der Waals surface area contributed by atoms with Gasteiger partial charge in [0.1, 0.15) is 0 Å². The van der Waals surface area contributed by atoms with Gasteiger partial charge in [0.05, 0.1) is 0 Å². The van der Waals surface area contributed by atoms with Crippen LogP contribution in [0.15, 0.2) is 36.9 Å². The van der Waals surface area contributed by atoms with Gasteiger partial charge in [-0.25, -0.2) is 0 Å². The van der Waals surface area contributed by atoms with Gasteiger partial charge in [0, 0.05) is 5.56 Å². The molecule has 0 N–H and O–H groups in total. The first-order valence-electron chi connectivity index (χ1n) is 3.45. The highest BCUT2D eigenvalue weighted by Gasteiger charge is 1.91. The quantitative estimate of drug-likeness (QED) is 0.593.